The van der Waals surface area contributed by atoms with Crippen LogP contribution in [0, 0.1) is 6.92 Å². The van der Waals surface area contributed by atoms with Crippen molar-refractivity contribution in [1.29, 1.82) is 0 Å². The van der Waals surface area contributed by atoms with Crippen LogP contribution in [0.3, 0.4) is 0 Å². The fraction of sp³-hybridized carbons (Fsp3) is 0.143. The van der Waals surface area contributed by atoms with Crippen LogP contribution >= 0.6 is 31.9 Å². The normalized spacial score (nSPS) is 12.3. The number of sulfonamides is 1. The summed E-state index contributed by atoms with van der Waals surface area (Å²) in [6.07, 6.45) is -4.65. The third-order valence-corrected chi connectivity index (χ3v) is 5.92. The van der Waals surface area contributed by atoms with Gasteiger partial charge in [-0.2, -0.15) is 13.2 Å². The molecule has 3 nitrogen and oxygen atoms in total. The van der Waals surface area contributed by atoms with E-state index in [1.807, 2.05) is 0 Å². The standard InChI is InChI=1S/C14H10Br2F3NO2S/c1-8-6-9(2-4-12(8)15)20-23(21,22)10-3-5-13(16)11(7-10)14(17,18)19/h2-7,20H,1H3. The minimum absolute atomic E-state index is 0.219. The zero-order chi connectivity index (χ0) is 17.4. The molecule has 2 aromatic carbocycles. The van der Waals surface area contributed by atoms with Crippen molar-refractivity contribution in [2.75, 3.05) is 4.72 Å². The van der Waals surface area contributed by atoms with E-state index >= 15 is 0 Å². The van der Waals surface area contributed by atoms with E-state index in [4.69, 9.17) is 0 Å². The molecule has 0 amide bonds. The van der Waals surface area contributed by atoms with Crippen molar-refractivity contribution in [3.63, 3.8) is 0 Å². The van der Waals surface area contributed by atoms with Crippen molar-refractivity contribution >= 4 is 47.6 Å². The Morgan fingerprint density at radius 2 is 1.61 bits per heavy atom. The topological polar surface area (TPSA) is 46.2 Å². The molecule has 0 aliphatic heterocycles. The number of nitrogens with one attached hydrogen (secondary N) is 1. The van der Waals surface area contributed by atoms with Crippen molar-refractivity contribution in [2.45, 2.75) is 18.0 Å². The number of hydrogen-bond acceptors (Lipinski definition) is 2. The first kappa shape index (κ1) is 18.3. The summed E-state index contributed by atoms with van der Waals surface area (Å²) in [5.74, 6) is 0. The molecule has 1 N–H and O–H groups in total. The molecule has 0 bridgehead atoms. The van der Waals surface area contributed by atoms with Crippen molar-refractivity contribution in [3.05, 3.63) is 56.5 Å². The molecular formula is C14H10Br2F3NO2S. The molecule has 9 heteroatoms. The molecule has 0 saturated carbocycles. The fourth-order valence-electron chi connectivity index (χ4n) is 1.81. The maximum absolute atomic E-state index is 12.9. The Kier molecular flexibility index (Phi) is 5.12. The molecule has 0 aromatic heterocycles. The van der Waals surface area contributed by atoms with Crippen molar-refractivity contribution < 1.29 is 21.6 Å². The quantitative estimate of drug-likeness (QED) is 0.655. The lowest BCUT2D eigenvalue weighted by atomic mass is 10.2. The van der Waals surface area contributed by atoms with Gasteiger partial charge in [-0.25, -0.2) is 8.42 Å². The van der Waals surface area contributed by atoms with E-state index in [2.05, 4.69) is 36.6 Å². The Morgan fingerprint density at radius 3 is 2.17 bits per heavy atom. The van der Waals surface area contributed by atoms with E-state index in [9.17, 15) is 21.6 Å². The molecule has 2 aromatic rings. The lowest BCUT2D eigenvalue weighted by Gasteiger charge is -2.13. The first-order valence-corrected chi connectivity index (χ1v) is 9.23. The van der Waals surface area contributed by atoms with Gasteiger partial charge in [-0.3, -0.25) is 4.72 Å². The van der Waals surface area contributed by atoms with Gasteiger partial charge in [0, 0.05) is 14.6 Å². The Labute approximate surface area is 148 Å². The average molecular weight is 473 g/mol. The summed E-state index contributed by atoms with van der Waals surface area (Å²) in [5.41, 5.74) is 0.00604. The van der Waals surface area contributed by atoms with Gasteiger partial charge in [-0.15, -0.1) is 0 Å². The highest BCUT2D eigenvalue weighted by atomic mass is 79.9. The fourth-order valence-corrected chi connectivity index (χ4v) is 3.60. The maximum Gasteiger partial charge on any atom is 0.417 e. The van der Waals surface area contributed by atoms with Crippen LogP contribution in [0.4, 0.5) is 18.9 Å². The van der Waals surface area contributed by atoms with Crippen LogP contribution in [0.1, 0.15) is 11.1 Å². The summed E-state index contributed by atoms with van der Waals surface area (Å²) in [5, 5.41) is 0. The third kappa shape index (κ3) is 4.27. The SMILES string of the molecule is Cc1cc(NS(=O)(=O)c2ccc(Br)c(C(F)(F)F)c2)ccc1Br. The largest absolute Gasteiger partial charge is 0.417 e. The molecule has 0 aliphatic rings. The number of anilines is 1. The second-order valence-corrected chi connectivity index (χ2v) is 8.10. The lowest BCUT2D eigenvalue weighted by molar-refractivity contribution is -0.138. The van der Waals surface area contributed by atoms with Gasteiger partial charge in [0.15, 0.2) is 0 Å². The minimum Gasteiger partial charge on any atom is -0.280 e. The van der Waals surface area contributed by atoms with Crippen molar-refractivity contribution in [1.82, 2.24) is 0 Å². The molecule has 0 radical (unpaired) electrons. The highest BCUT2D eigenvalue weighted by molar-refractivity contribution is 9.10. The molecule has 23 heavy (non-hydrogen) atoms. The zero-order valence-electron chi connectivity index (χ0n) is 11.6. The van der Waals surface area contributed by atoms with Gasteiger partial charge in [-0.1, -0.05) is 31.9 Å². The summed E-state index contributed by atoms with van der Waals surface area (Å²) in [6.45, 7) is 1.77. The number of benzene rings is 2. The number of halogens is 5. The van der Waals surface area contributed by atoms with Crippen LogP contribution in [0.25, 0.3) is 0 Å². The summed E-state index contributed by atoms with van der Waals surface area (Å²) in [4.78, 5) is -0.464. The van der Waals surface area contributed by atoms with Gasteiger partial charge in [0.05, 0.1) is 10.5 Å². The Morgan fingerprint density at radius 1 is 1.00 bits per heavy atom. The summed E-state index contributed by atoms with van der Waals surface area (Å²) in [6, 6.07) is 7.49. The average Bonchev–Trinajstić information content (AvgIpc) is 2.41. The lowest BCUT2D eigenvalue weighted by Crippen LogP contribution is -2.15. The molecule has 0 spiro atoms. The number of rotatable bonds is 3. The van der Waals surface area contributed by atoms with Crippen LogP contribution in [0.5, 0.6) is 0 Å². The molecule has 0 heterocycles. The predicted octanol–water partition coefficient (Wildman–Crippen LogP) is 5.34. The minimum atomic E-state index is -4.65. The maximum atomic E-state index is 12.9. The van der Waals surface area contributed by atoms with Crippen LogP contribution in [-0.4, -0.2) is 8.42 Å². The van der Waals surface area contributed by atoms with Gasteiger partial charge < -0.3 is 0 Å². The molecular weight excluding hydrogens is 463 g/mol. The van der Waals surface area contributed by atoms with E-state index in [0.717, 1.165) is 22.2 Å². The molecule has 0 aliphatic carbocycles. The number of aryl methyl sites for hydroxylation is 1. The summed E-state index contributed by atoms with van der Waals surface area (Å²) in [7, 11) is -4.13. The molecule has 0 unspecified atom stereocenters. The molecule has 124 valence electrons. The Balaban J connectivity index is 2.42. The second-order valence-electron chi connectivity index (χ2n) is 4.71. The second kappa shape index (κ2) is 6.45. The van der Waals surface area contributed by atoms with Crippen LogP contribution in [0.2, 0.25) is 0 Å². The van der Waals surface area contributed by atoms with Gasteiger partial charge >= 0.3 is 6.18 Å². The predicted molar refractivity (Wildman–Crippen MR) is 88.8 cm³/mol. The van der Waals surface area contributed by atoms with Crippen molar-refractivity contribution in [3.8, 4) is 0 Å². The van der Waals surface area contributed by atoms with E-state index in [-0.39, 0.29) is 10.2 Å². The molecule has 0 fully saturated rings. The van der Waals surface area contributed by atoms with Crippen LogP contribution in [0.15, 0.2) is 50.2 Å². The smallest absolute Gasteiger partial charge is 0.280 e. The van der Waals surface area contributed by atoms with Gasteiger partial charge in [0.1, 0.15) is 0 Å². The monoisotopic (exact) mass is 471 g/mol. The number of alkyl halides is 3. The van der Waals surface area contributed by atoms with Gasteiger partial charge in [0.25, 0.3) is 10.0 Å². The zero-order valence-corrected chi connectivity index (χ0v) is 15.6. The van der Waals surface area contributed by atoms with Crippen molar-refractivity contribution in [2.24, 2.45) is 0 Å². The Bertz CT molecular complexity index is 852. The molecule has 0 saturated heterocycles. The van der Waals surface area contributed by atoms with Crippen LogP contribution in [-0.2, 0) is 16.2 Å². The van der Waals surface area contributed by atoms with E-state index in [1.54, 1.807) is 19.1 Å². The molecule has 2 rings (SSSR count). The van der Waals surface area contributed by atoms with E-state index in [0.29, 0.717) is 6.07 Å². The van der Waals surface area contributed by atoms with E-state index < -0.39 is 26.7 Å². The Hall–Kier alpha value is -1.06. The summed E-state index contributed by atoms with van der Waals surface area (Å²) < 4.78 is 66.1. The van der Waals surface area contributed by atoms with Gasteiger partial charge in [0.2, 0.25) is 0 Å². The highest BCUT2D eigenvalue weighted by Crippen LogP contribution is 2.36. The third-order valence-electron chi connectivity index (χ3n) is 2.96. The molecule has 0 atom stereocenters. The highest BCUT2D eigenvalue weighted by Gasteiger charge is 2.34. The summed E-state index contributed by atoms with van der Waals surface area (Å²) >= 11 is 6.06. The first-order valence-electron chi connectivity index (χ1n) is 6.16. The number of hydrogen-bond donors (Lipinski definition) is 1. The first-order chi connectivity index (χ1) is 10.5. The van der Waals surface area contributed by atoms with Gasteiger partial charge in [-0.05, 0) is 48.9 Å². The van der Waals surface area contributed by atoms with Crippen LogP contribution < -0.4 is 4.72 Å². The van der Waals surface area contributed by atoms with E-state index in [1.165, 1.54) is 6.07 Å².